The summed E-state index contributed by atoms with van der Waals surface area (Å²) in [6.45, 7) is 4.11. The molecule has 1 saturated heterocycles. The number of hydrogen-bond donors (Lipinski definition) is 0. The average Bonchev–Trinajstić information content (AvgIpc) is 2.95. The Morgan fingerprint density at radius 2 is 2.25 bits per heavy atom. The minimum atomic E-state index is -0.0470. The van der Waals surface area contributed by atoms with Gasteiger partial charge in [-0.3, -0.25) is 9.48 Å². The van der Waals surface area contributed by atoms with Crippen molar-refractivity contribution in [3.8, 4) is 0 Å². The zero-order chi connectivity index (χ0) is 16.7. The fourth-order valence-corrected chi connectivity index (χ4v) is 4.41. The second-order valence-corrected chi connectivity index (χ2v) is 7.96. The maximum atomic E-state index is 13.1. The number of aryl methyl sites for hydroxylation is 1. The lowest BCUT2D eigenvalue weighted by molar-refractivity contribution is -0.142. The summed E-state index contributed by atoms with van der Waals surface area (Å²) in [5.74, 6) is 0.759. The molecule has 3 heterocycles. The molecule has 1 saturated carbocycles. The van der Waals surface area contributed by atoms with Crippen LogP contribution in [0.5, 0.6) is 0 Å². The fraction of sp³-hybridized carbons (Fsp3) is 0.778. The first-order valence-corrected chi connectivity index (χ1v) is 9.19. The van der Waals surface area contributed by atoms with Gasteiger partial charge in [-0.15, -0.1) is 0 Å². The van der Waals surface area contributed by atoms with E-state index in [-0.39, 0.29) is 11.5 Å². The van der Waals surface area contributed by atoms with Crippen molar-refractivity contribution in [3.05, 3.63) is 17.5 Å². The number of fused-ring (bicyclic) bond motifs is 1. The molecule has 6 heteroatoms. The van der Waals surface area contributed by atoms with Gasteiger partial charge >= 0.3 is 0 Å². The summed E-state index contributed by atoms with van der Waals surface area (Å²) in [6.07, 6.45) is 7.29. The van der Waals surface area contributed by atoms with Gasteiger partial charge in [0.15, 0.2) is 0 Å². The molecule has 2 aliphatic heterocycles. The summed E-state index contributed by atoms with van der Waals surface area (Å²) in [5.41, 5.74) is 1.90. The summed E-state index contributed by atoms with van der Waals surface area (Å²) < 4.78 is 7.99. The number of amides is 1. The van der Waals surface area contributed by atoms with Crippen LogP contribution in [0.4, 0.5) is 0 Å². The second kappa shape index (κ2) is 6.15. The highest BCUT2D eigenvalue weighted by atomic mass is 16.5. The Balaban J connectivity index is 1.50. The van der Waals surface area contributed by atoms with Crippen LogP contribution >= 0.6 is 0 Å². The molecule has 1 atom stereocenters. The number of rotatable bonds is 3. The first kappa shape index (κ1) is 16.1. The van der Waals surface area contributed by atoms with E-state index in [9.17, 15) is 4.79 Å². The van der Waals surface area contributed by atoms with E-state index >= 15 is 0 Å². The van der Waals surface area contributed by atoms with Crippen molar-refractivity contribution in [1.82, 2.24) is 19.6 Å². The average molecular weight is 332 g/mol. The largest absolute Gasteiger partial charge is 0.371 e. The molecule has 1 aliphatic carbocycles. The molecular formula is C18H28N4O2. The van der Waals surface area contributed by atoms with Crippen molar-refractivity contribution < 1.29 is 9.53 Å². The van der Waals surface area contributed by atoms with E-state index in [1.54, 1.807) is 6.20 Å². The molecule has 0 bridgehead atoms. The SMILES string of the molecule is CN(C)CC1CCn2ncc(C(=O)N3CCOC4(CCC4)C3)c2C1. The molecule has 0 N–H and O–H groups in total. The molecule has 2 fully saturated rings. The van der Waals surface area contributed by atoms with Gasteiger partial charge in [0, 0.05) is 19.6 Å². The van der Waals surface area contributed by atoms with Crippen molar-refractivity contribution in [3.63, 3.8) is 0 Å². The minimum absolute atomic E-state index is 0.0470. The van der Waals surface area contributed by atoms with Gasteiger partial charge in [0.1, 0.15) is 0 Å². The van der Waals surface area contributed by atoms with Crippen molar-refractivity contribution in [2.45, 2.75) is 44.2 Å². The zero-order valence-corrected chi connectivity index (χ0v) is 14.8. The van der Waals surface area contributed by atoms with Crippen LogP contribution in [0.1, 0.15) is 41.7 Å². The quantitative estimate of drug-likeness (QED) is 0.840. The molecule has 1 aromatic rings. The number of morpholine rings is 1. The molecular weight excluding hydrogens is 304 g/mol. The zero-order valence-electron chi connectivity index (χ0n) is 14.8. The van der Waals surface area contributed by atoms with Crippen molar-refractivity contribution >= 4 is 5.91 Å². The number of aromatic nitrogens is 2. The number of nitrogens with zero attached hydrogens (tertiary/aromatic N) is 4. The molecule has 0 aromatic carbocycles. The van der Waals surface area contributed by atoms with Gasteiger partial charge < -0.3 is 14.5 Å². The Bertz CT molecular complexity index is 621. The molecule has 0 radical (unpaired) electrons. The van der Waals surface area contributed by atoms with E-state index in [2.05, 4.69) is 24.1 Å². The van der Waals surface area contributed by atoms with Gasteiger partial charge in [-0.1, -0.05) is 0 Å². The Morgan fingerprint density at radius 3 is 2.96 bits per heavy atom. The lowest BCUT2D eigenvalue weighted by Gasteiger charge is -2.48. The molecule has 3 aliphatic rings. The first-order chi connectivity index (χ1) is 11.6. The molecule has 1 spiro atoms. The lowest BCUT2D eigenvalue weighted by Crippen LogP contribution is -2.57. The van der Waals surface area contributed by atoms with Gasteiger partial charge in [-0.25, -0.2) is 0 Å². The molecule has 24 heavy (non-hydrogen) atoms. The Kier molecular flexibility index (Phi) is 4.12. The summed E-state index contributed by atoms with van der Waals surface area (Å²) in [4.78, 5) is 17.3. The third kappa shape index (κ3) is 2.86. The summed E-state index contributed by atoms with van der Waals surface area (Å²) in [7, 11) is 4.23. The Labute approximate surface area is 143 Å². The van der Waals surface area contributed by atoms with E-state index in [1.165, 1.54) is 6.42 Å². The molecule has 132 valence electrons. The van der Waals surface area contributed by atoms with E-state index < -0.39 is 0 Å². The first-order valence-electron chi connectivity index (χ1n) is 9.19. The van der Waals surface area contributed by atoms with Crippen LogP contribution in [-0.2, 0) is 17.7 Å². The maximum absolute atomic E-state index is 13.1. The summed E-state index contributed by atoms with van der Waals surface area (Å²) in [5, 5.41) is 4.48. The van der Waals surface area contributed by atoms with Crippen LogP contribution < -0.4 is 0 Å². The Morgan fingerprint density at radius 1 is 1.42 bits per heavy atom. The van der Waals surface area contributed by atoms with Gasteiger partial charge in [0.25, 0.3) is 5.91 Å². The van der Waals surface area contributed by atoms with Crippen molar-refractivity contribution in [2.75, 3.05) is 40.3 Å². The van der Waals surface area contributed by atoms with Crippen LogP contribution in [0, 0.1) is 5.92 Å². The van der Waals surface area contributed by atoms with Crippen LogP contribution in [0.15, 0.2) is 6.20 Å². The highest BCUT2D eigenvalue weighted by molar-refractivity contribution is 5.95. The topological polar surface area (TPSA) is 50.6 Å². The number of hydrogen-bond acceptors (Lipinski definition) is 4. The van der Waals surface area contributed by atoms with Gasteiger partial charge in [0.2, 0.25) is 0 Å². The van der Waals surface area contributed by atoms with Crippen molar-refractivity contribution in [2.24, 2.45) is 5.92 Å². The van der Waals surface area contributed by atoms with Crippen LogP contribution in [0.2, 0.25) is 0 Å². The Hall–Kier alpha value is -1.40. The van der Waals surface area contributed by atoms with Gasteiger partial charge in [-0.2, -0.15) is 5.10 Å². The highest BCUT2D eigenvalue weighted by Crippen LogP contribution is 2.38. The van der Waals surface area contributed by atoms with Gasteiger partial charge in [-0.05, 0) is 52.1 Å². The molecule has 1 unspecified atom stereocenters. The maximum Gasteiger partial charge on any atom is 0.257 e. The van der Waals surface area contributed by atoms with E-state index in [4.69, 9.17) is 4.74 Å². The van der Waals surface area contributed by atoms with Crippen molar-refractivity contribution in [1.29, 1.82) is 0 Å². The van der Waals surface area contributed by atoms with E-state index in [0.29, 0.717) is 19.1 Å². The second-order valence-electron chi connectivity index (χ2n) is 7.96. The molecule has 6 nitrogen and oxygen atoms in total. The summed E-state index contributed by atoms with van der Waals surface area (Å²) in [6, 6.07) is 0. The summed E-state index contributed by atoms with van der Waals surface area (Å²) >= 11 is 0. The highest BCUT2D eigenvalue weighted by Gasteiger charge is 2.43. The third-order valence-corrected chi connectivity index (χ3v) is 5.83. The minimum Gasteiger partial charge on any atom is -0.371 e. The van der Waals surface area contributed by atoms with Crippen LogP contribution in [0.3, 0.4) is 0 Å². The predicted octanol–water partition coefficient (Wildman–Crippen LogP) is 1.40. The smallest absolute Gasteiger partial charge is 0.257 e. The van der Waals surface area contributed by atoms with E-state index in [0.717, 1.165) is 56.6 Å². The predicted molar refractivity (Wildman–Crippen MR) is 91.0 cm³/mol. The monoisotopic (exact) mass is 332 g/mol. The molecule has 1 aromatic heterocycles. The van der Waals surface area contributed by atoms with Crippen LogP contribution in [-0.4, -0.2) is 71.4 Å². The normalized spacial score (nSPS) is 25.6. The lowest BCUT2D eigenvalue weighted by atomic mass is 9.78. The number of carbonyl (C=O) groups is 1. The number of carbonyl (C=O) groups excluding carboxylic acids is 1. The fourth-order valence-electron chi connectivity index (χ4n) is 4.41. The van der Waals surface area contributed by atoms with Gasteiger partial charge in [0.05, 0.1) is 36.2 Å². The number of ether oxygens (including phenoxy) is 1. The van der Waals surface area contributed by atoms with Crippen LogP contribution in [0.25, 0.3) is 0 Å². The van der Waals surface area contributed by atoms with E-state index in [1.807, 2.05) is 9.58 Å². The third-order valence-electron chi connectivity index (χ3n) is 5.83. The molecule has 1 amide bonds. The standard InChI is InChI=1S/C18H28N4O2/c1-20(2)12-14-4-7-22-16(10-14)15(11-19-22)17(23)21-8-9-24-18(13-21)5-3-6-18/h11,14H,3-10,12-13H2,1-2H3. The molecule has 4 rings (SSSR count).